The van der Waals surface area contributed by atoms with Crippen molar-refractivity contribution in [3.63, 3.8) is 0 Å². The lowest BCUT2D eigenvalue weighted by molar-refractivity contribution is -0.149. The van der Waals surface area contributed by atoms with Crippen LogP contribution in [0.5, 0.6) is 0 Å². The third-order valence-electron chi connectivity index (χ3n) is 5.02. The van der Waals surface area contributed by atoms with Gasteiger partial charge in [0, 0.05) is 19.0 Å². The molecule has 134 valence electrons. The molecular formula is C18H29N3O3. The molecule has 2 N–H and O–H groups in total. The Kier molecular flexibility index (Phi) is 5.67. The van der Waals surface area contributed by atoms with E-state index in [0.717, 1.165) is 25.1 Å². The summed E-state index contributed by atoms with van der Waals surface area (Å²) in [7, 11) is 0. The van der Waals surface area contributed by atoms with Gasteiger partial charge in [0.25, 0.3) is 5.91 Å². The Morgan fingerprint density at radius 1 is 1.38 bits per heavy atom. The fourth-order valence-electron chi connectivity index (χ4n) is 3.07. The molecule has 1 aromatic rings. The second-order valence-corrected chi connectivity index (χ2v) is 7.27. The molecule has 1 amide bonds. The lowest BCUT2D eigenvalue weighted by atomic mass is 9.82. The van der Waals surface area contributed by atoms with Crippen LogP contribution >= 0.6 is 0 Å². The Morgan fingerprint density at radius 2 is 2.00 bits per heavy atom. The summed E-state index contributed by atoms with van der Waals surface area (Å²) < 4.78 is 1.95. The first-order valence-electron chi connectivity index (χ1n) is 8.92. The molecule has 1 heterocycles. The zero-order valence-corrected chi connectivity index (χ0v) is 15.1. The monoisotopic (exact) mass is 335 g/mol. The largest absolute Gasteiger partial charge is 0.481 e. The maximum Gasteiger partial charge on any atom is 0.311 e. The Morgan fingerprint density at radius 3 is 2.46 bits per heavy atom. The molecule has 0 bridgehead atoms. The SMILES string of the molecule is CCC(CC)(CNC(=O)c1cnn(CC(C)C)c1C1CC1)C(=O)O. The topological polar surface area (TPSA) is 84.2 Å². The molecule has 1 fully saturated rings. The summed E-state index contributed by atoms with van der Waals surface area (Å²) in [4.78, 5) is 24.2. The van der Waals surface area contributed by atoms with Crippen LogP contribution in [0, 0.1) is 11.3 Å². The summed E-state index contributed by atoms with van der Waals surface area (Å²) in [6, 6.07) is 0. The van der Waals surface area contributed by atoms with Gasteiger partial charge in [0.15, 0.2) is 0 Å². The highest BCUT2D eigenvalue weighted by Gasteiger charge is 2.37. The summed E-state index contributed by atoms with van der Waals surface area (Å²) in [5.74, 6) is -0.197. The molecule has 2 rings (SSSR count). The van der Waals surface area contributed by atoms with E-state index in [0.29, 0.717) is 30.2 Å². The minimum Gasteiger partial charge on any atom is -0.481 e. The Hall–Kier alpha value is -1.85. The van der Waals surface area contributed by atoms with Crippen molar-refractivity contribution in [2.24, 2.45) is 11.3 Å². The quantitative estimate of drug-likeness (QED) is 0.726. The molecule has 1 aliphatic carbocycles. The summed E-state index contributed by atoms with van der Waals surface area (Å²) >= 11 is 0. The van der Waals surface area contributed by atoms with Crippen LogP contribution in [0.2, 0.25) is 0 Å². The van der Waals surface area contributed by atoms with Crippen LogP contribution in [0.15, 0.2) is 6.20 Å². The average molecular weight is 335 g/mol. The van der Waals surface area contributed by atoms with E-state index in [-0.39, 0.29) is 12.5 Å². The van der Waals surface area contributed by atoms with Crippen LogP contribution in [0.3, 0.4) is 0 Å². The number of aliphatic carboxylic acids is 1. The van der Waals surface area contributed by atoms with Gasteiger partial charge in [-0.2, -0.15) is 5.10 Å². The molecule has 0 atom stereocenters. The van der Waals surface area contributed by atoms with Gasteiger partial charge in [-0.05, 0) is 31.6 Å². The average Bonchev–Trinajstić information content (AvgIpc) is 3.29. The predicted octanol–water partition coefficient (Wildman–Crippen LogP) is 3.04. The van der Waals surface area contributed by atoms with Gasteiger partial charge in [-0.15, -0.1) is 0 Å². The highest BCUT2D eigenvalue weighted by Crippen LogP contribution is 2.41. The molecular weight excluding hydrogens is 306 g/mol. The van der Waals surface area contributed by atoms with Gasteiger partial charge in [-0.3, -0.25) is 14.3 Å². The Balaban J connectivity index is 2.15. The molecule has 24 heavy (non-hydrogen) atoms. The van der Waals surface area contributed by atoms with Crippen LogP contribution in [-0.2, 0) is 11.3 Å². The first kappa shape index (κ1) is 18.5. The van der Waals surface area contributed by atoms with Gasteiger partial charge in [0.1, 0.15) is 0 Å². The first-order valence-corrected chi connectivity index (χ1v) is 8.92. The maximum absolute atomic E-state index is 12.6. The number of rotatable bonds is 9. The van der Waals surface area contributed by atoms with E-state index in [9.17, 15) is 14.7 Å². The summed E-state index contributed by atoms with van der Waals surface area (Å²) in [6.45, 7) is 8.89. The lowest BCUT2D eigenvalue weighted by Crippen LogP contribution is -2.42. The van der Waals surface area contributed by atoms with Crippen LogP contribution in [-0.4, -0.2) is 33.3 Å². The van der Waals surface area contributed by atoms with Gasteiger partial charge in [0.05, 0.1) is 22.9 Å². The van der Waals surface area contributed by atoms with Crippen molar-refractivity contribution >= 4 is 11.9 Å². The minimum absolute atomic E-state index is 0.146. The highest BCUT2D eigenvalue weighted by molar-refractivity contribution is 5.95. The van der Waals surface area contributed by atoms with E-state index in [1.165, 1.54) is 0 Å². The van der Waals surface area contributed by atoms with E-state index in [1.807, 2.05) is 18.5 Å². The van der Waals surface area contributed by atoms with E-state index in [2.05, 4.69) is 24.3 Å². The number of amides is 1. The van der Waals surface area contributed by atoms with Crippen LogP contribution in [0.25, 0.3) is 0 Å². The standard InChI is InChI=1S/C18H29N3O3/c1-5-18(6-2,17(23)24)11-19-16(22)14-9-20-21(10-12(3)4)15(14)13-7-8-13/h9,12-13H,5-8,10-11H2,1-4H3,(H,19,22)(H,23,24). The van der Waals surface area contributed by atoms with E-state index in [1.54, 1.807) is 6.20 Å². The van der Waals surface area contributed by atoms with Crippen molar-refractivity contribution in [2.75, 3.05) is 6.54 Å². The zero-order chi connectivity index (χ0) is 17.9. The van der Waals surface area contributed by atoms with Gasteiger partial charge in [-0.25, -0.2) is 0 Å². The van der Waals surface area contributed by atoms with Crippen LogP contribution < -0.4 is 5.32 Å². The number of aromatic nitrogens is 2. The number of hydrogen-bond acceptors (Lipinski definition) is 3. The Bertz CT molecular complexity index is 599. The number of carbonyl (C=O) groups is 2. The summed E-state index contributed by atoms with van der Waals surface area (Å²) in [5, 5.41) is 16.7. The van der Waals surface area contributed by atoms with Gasteiger partial charge < -0.3 is 10.4 Å². The highest BCUT2D eigenvalue weighted by atomic mass is 16.4. The number of hydrogen-bond donors (Lipinski definition) is 2. The van der Waals surface area contributed by atoms with Crippen molar-refractivity contribution in [3.8, 4) is 0 Å². The van der Waals surface area contributed by atoms with Crippen molar-refractivity contribution in [3.05, 3.63) is 17.5 Å². The molecule has 0 saturated heterocycles. The van der Waals surface area contributed by atoms with Crippen molar-refractivity contribution in [1.82, 2.24) is 15.1 Å². The fourth-order valence-corrected chi connectivity index (χ4v) is 3.07. The van der Waals surface area contributed by atoms with Crippen molar-refractivity contribution in [1.29, 1.82) is 0 Å². The number of carboxylic acids is 1. The minimum atomic E-state index is -0.899. The van der Waals surface area contributed by atoms with Crippen molar-refractivity contribution in [2.45, 2.75) is 65.8 Å². The van der Waals surface area contributed by atoms with E-state index in [4.69, 9.17) is 0 Å². The van der Waals surface area contributed by atoms with Gasteiger partial charge >= 0.3 is 5.97 Å². The van der Waals surface area contributed by atoms with E-state index < -0.39 is 11.4 Å². The maximum atomic E-state index is 12.6. The smallest absolute Gasteiger partial charge is 0.311 e. The third kappa shape index (κ3) is 3.79. The molecule has 0 aromatic carbocycles. The molecule has 0 spiro atoms. The molecule has 1 aromatic heterocycles. The normalized spacial score (nSPS) is 14.9. The molecule has 6 nitrogen and oxygen atoms in total. The number of nitrogens with one attached hydrogen (secondary N) is 1. The molecule has 0 unspecified atom stereocenters. The Labute approximate surface area is 143 Å². The van der Waals surface area contributed by atoms with Crippen LogP contribution in [0.1, 0.15) is 75.3 Å². The van der Waals surface area contributed by atoms with Gasteiger partial charge in [0.2, 0.25) is 0 Å². The predicted molar refractivity (Wildman–Crippen MR) is 92.0 cm³/mol. The molecule has 1 saturated carbocycles. The molecule has 0 aliphatic heterocycles. The molecule has 1 aliphatic rings. The second-order valence-electron chi connectivity index (χ2n) is 7.27. The molecule has 0 radical (unpaired) electrons. The van der Waals surface area contributed by atoms with E-state index >= 15 is 0 Å². The third-order valence-corrected chi connectivity index (χ3v) is 5.02. The van der Waals surface area contributed by atoms with Gasteiger partial charge in [-0.1, -0.05) is 27.7 Å². The number of carboxylic acid groups (broad SMARTS) is 1. The lowest BCUT2D eigenvalue weighted by Gasteiger charge is -2.26. The molecule has 6 heteroatoms. The van der Waals surface area contributed by atoms with Crippen molar-refractivity contribution < 1.29 is 14.7 Å². The number of nitrogens with zero attached hydrogens (tertiary/aromatic N) is 2. The second kappa shape index (κ2) is 7.36. The first-order chi connectivity index (χ1) is 11.3. The van der Waals surface area contributed by atoms with Crippen LogP contribution in [0.4, 0.5) is 0 Å². The zero-order valence-electron chi connectivity index (χ0n) is 15.1. The fraction of sp³-hybridized carbons (Fsp3) is 0.722. The summed E-state index contributed by atoms with van der Waals surface area (Å²) in [6.07, 6.45) is 4.79. The number of carbonyl (C=O) groups excluding carboxylic acids is 1. The summed E-state index contributed by atoms with van der Waals surface area (Å²) in [5.41, 5.74) is 0.711.